The van der Waals surface area contributed by atoms with Crippen molar-refractivity contribution in [2.24, 2.45) is 0 Å². The minimum atomic E-state index is -0.109. The first-order valence-electron chi connectivity index (χ1n) is 7.52. The highest BCUT2D eigenvalue weighted by Gasteiger charge is 2.17. The van der Waals surface area contributed by atoms with E-state index in [1.807, 2.05) is 42.5 Å². The van der Waals surface area contributed by atoms with E-state index in [0.29, 0.717) is 12.6 Å². The van der Waals surface area contributed by atoms with Gasteiger partial charge in [-0.15, -0.1) is 0 Å². The summed E-state index contributed by atoms with van der Waals surface area (Å²) in [5.41, 5.74) is 2.77. The SMILES string of the molecule is C[C@H]1CN(Cc2ccc(-c3ccccc3)cc2F)CCN1. The van der Waals surface area contributed by atoms with Crippen LogP contribution in [0.4, 0.5) is 4.39 Å². The van der Waals surface area contributed by atoms with E-state index in [-0.39, 0.29) is 5.82 Å². The zero-order chi connectivity index (χ0) is 14.7. The van der Waals surface area contributed by atoms with Crippen molar-refractivity contribution in [3.8, 4) is 11.1 Å². The third kappa shape index (κ3) is 3.49. The molecular formula is C18H21FN2. The van der Waals surface area contributed by atoms with E-state index in [2.05, 4.69) is 17.1 Å². The third-order valence-corrected chi connectivity index (χ3v) is 4.01. The van der Waals surface area contributed by atoms with Crippen molar-refractivity contribution < 1.29 is 4.39 Å². The Labute approximate surface area is 125 Å². The van der Waals surface area contributed by atoms with Crippen LogP contribution in [0.1, 0.15) is 12.5 Å². The predicted octanol–water partition coefficient (Wildman–Crippen LogP) is 3.29. The summed E-state index contributed by atoms with van der Waals surface area (Å²) in [5, 5.41) is 3.41. The number of nitrogens with one attached hydrogen (secondary N) is 1. The van der Waals surface area contributed by atoms with Gasteiger partial charge in [0.15, 0.2) is 0 Å². The van der Waals surface area contributed by atoms with Crippen LogP contribution in [0.15, 0.2) is 48.5 Å². The molecule has 21 heavy (non-hydrogen) atoms. The summed E-state index contributed by atoms with van der Waals surface area (Å²) in [6.45, 7) is 5.78. The molecule has 0 bridgehead atoms. The van der Waals surface area contributed by atoms with Crippen molar-refractivity contribution in [3.63, 3.8) is 0 Å². The van der Waals surface area contributed by atoms with Crippen LogP contribution in [0.2, 0.25) is 0 Å². The molecule has 1 N–H and O–H groups in total. The van der Waals surface area contributed by atoms with Crippen LogP contribution in [-0.4, -0.2) is 30.6 Å². The molecule has 0 aromatic heterocycles. The monoisotopic (exact) mass is 284 g/mol. The largest absolute Gasteiger partial charge is 0.312 e. The smallest absolute Gasteiger partial charge is 0.128 e. The summed E-state index contributed by atoms with van der Waals surface area (Å²) < 4.78 is 14.3. The lowest BCUT2D eigenvalue weighted by Gasteiger charge is -2.31. The average molecular weight is 284 g/mol. The van der Waals surface area contributed by atoms with Gasteiger partial charge < -0.3 is 5.32 Å². The van der Waals surface area contributed by atoms with Gasteiger partial charge in [0.25, 0.3) is 0 Å². The first kappa shape index (κ1) is 14.2. The quantitative estimate of drug-likeness (QED) is 0.930. The maximum Gasteiger partial charge on any atom is 0.128 e. The number of benzene rings is 2. The predicted molar refractivity (Wildman–Crippen MR) is 84.6 cm³/mol. The van der Waals surface area contributed by atoms with Crippen molar-refractivity contribution in [2.45, 2.75) is 19.5 Å². The van der Waals surface area contributed by atoms with Crippen LogP contribution in [0.3, 0.4) is 0 Å². The number of hydrogen-bond acceptors (Lipinski definition) is 2. The van der Waals surface area contributed by atoms with Crippen molar-refractivity contribution in [1.82, 2.24) is 10.2 Å². The molecular weight excluding hydrogens is 263 g/mol. The molecule has 110 valence electrons. The normalized spacial score (nSPS) is 19.6. The second-order valence-electron chi connectivity index (χ2n) is 5.76. The number of rotatable bonds is 3. The van der Waals surface area contributed by atoms with Gasteiger partial charge in [-0.3, -0.25) is 4.90 Å². The second kappa shape index (κ2) is 6.37. The zero-order valence-corrected chi connectivity index (χ0v) is 12.3. The van der Waals surface area contributed by atoms with Crippen LogP contribution in [-0.2, 0) is 6.54 Å². The van der Waals surface area contributed by atoms with Crippen LogP contribution in [0, 0.1) is 5.82 Å². The van der Waals surface area contributed by atoms with Crippen LogP contribution >= 0.6 is 0 Å². The van der Waals surface area contributed by atoms with Gasteiger partial charge in [0, 0.05) is 37.8 Å². The Morgan fingerprint density at radius 2 is 1.95 bits per heavy atom. The maximum absolute atomic E-state index is 14.3. The topological polar surface area (TPSA) is 15.3 Å². The molecule has 3 heteroatoms. The number of halogens is 1. The summed E-state index contributed by atoms with van der Waals surface area (Å²) in [5.74, 6) is -0.109. The van der Waals surface area contributed by atoms with E-state index < -0.39 is 0 Å². The molecule has 1 saturated heterocycles. The molecule has 3 rings (SSSR count). The van der Waals surface area contributed by atoms with E-state index in [9.17, 15) is 4.39 Å². The lowest BCUT2D eigenvalue weighted by Crippen LogP contribution is -2.48. The minimum absolute atomic E-state index is 0.109. The Balaban J connectivity index is 1.75. The van der Waals surface area contributed by atoms with E-state index in [1.165, 1.54) is 0 Å². The Hall–Kier alpha value is -1.71. The summed E-state index contributed by atoms with van der Waals surface area (Å²) in [6, 6.07) is 16.0. The van der Waals surface area contributed by atoms with Gasteiger partial charge in [0.1, 0.15) is 5.82 Å². The number of piperazine rings is 1. The van der Waals surface area contributed by atoms with Gasteiger partial charge in [-0.1, -0.05) is 42.5 Å². The molecule has 0 spiro atoms. The zero-order valence-electron chi connectivity index (χ0n) is 12.3. The summed E-state index contributed by atoms with van der Waals surface area (Å²) in [7, 11) is 0. The van der Waals surface area contributed by atoms with Crippen molar-refractivity contribution >= 4 is 0 Å². The van der Waals surface area contributed by atoms with Crippen LogP contribution in [0.25, 0.3) is 11.1 Å². The molecule has 1 atom stereocenters. The van der Waals surface area contributed by atoms with E-state index in [1.54, 1.807) is 6.07 Å². The number of nitrogens with zero attached hydrogens (tertiary/aromatic N) is 1. The Morgan fingerprint density at radius 3 is 2.67 bits per heavy atom. The van der Waals surface area contributed by atoms with Crippen molar-refractivity contribution in [2.75, 3.05) is 19.6 Å². The fourth-order valence-electron chi connectivity index (χ4n) is 2.88. The molecule has 1 heterocycles. The van der Waals surface area contributed by atoms with Gasteiger partial charge >= 0.3 is 0 Å². The summed E-state index contributed by atoms with van der Waals surface area (Å²) >= 11 is 0. The van der Waals surface area contributed by atoms with Gasteiger partial charge in [0.05, 0.1) is 0 Å². The maximum atomic E-state index is 14.3. The van der Waals surface area contributed by atoms with E-state index in [4.69, 9.17) is 0 Å². The molecule has 2 aromatic rings. The fourth-order valence-corrected chi connectivity index (χ4v) is 2.88. The fraction of sp³-hybridized carbons (Fsp3) is 0.333. The average Bonchev–Trinajstić information content (AvgIpc) is 2.50. The molecule has 0 unspecified atom stereocenters. The molecule has 2 nitrogen and oxygen atoms in total. The Kier molecular flexibility index (Phi) is 4.32. The Morgan fingerprint density at radius 1 is 1.14 bits per heavy atom. The molecule has 1 aliphatic rings. The summed E-state index contributed by atoms with van der Waals surface area (Å²) in [6.07, 6.45) is 0. The first-order chi connectivity index (χ1) is 10.2. The van der Waals surface area contributed by atoms with Gasteiger partial charge in [-0.25, -0.2) is 4.39 Å². The summed E-state index contributed by atoms with van der Waals surface area (Å²) in [4.78, 5) is 2.31. The van der Waals surface area contributed by atoms with Crippen LogP contribution in [0.5, 0.6) is 0 Å². The molecule has 0 radical (unpaired) electrons. The molecule has 0 saturated carbocycles. The standard InChI is InChI=1S/C18H21FN2/c1-14-12-21(10-9-20-14)13-17-8-7-16(11-18(17)19)15-5-3-2-4-6-15/h2-8,11,14,20H,9-10,12-13H2,1H3/t14-/m0/s1. The van der Waals surface area contributed by atoms with Crippen molar-refractivity contribution in [3.05, 3.63) is 59.9 Å². The van der Waals surface area contributed by atoms with Crippen molar-refractivity contribution in [1.29, 1.82) is 0 Å². The van der Waals surface area contributed by atoms with E-state index in [0.717, 1.165) is 36.3 Å². The van der Waals surface area contributed by atoms with Gasteiger partial charge in [-0.05, 0) is 24.1 Å². The molecule has 1 aliphatic heterocycles. The molecule has 0 aliphatic carbocycles. The molecule has 1 fully saturated rings. The highest BCUT2D eigenvalue weighted by Crippen LogP contribution is 2.22. The minimum Gasteiger partial charge on any atom is -0.312 e. The highest BCUT2D eigenvalue weighted by molar-refractivity contribution is 5.63. The third-order valence-electron chi connectivity index (χ3n) is 4.01. The lowest BCUT2D eigenvalue weighted by molar-refractivity contribution is 0.197. The first-order valence-corrected chi connectivity index (χ1v) is 7.52. The second-order valence-corrected chi connectivity index (χ2v) is 5.76. The van der Waals surface area contributed by atoms with Crippen LogP contribution < -0.4 is 5.32 Å². The lowest BCUT2D eigenvalue weighted by atomic mass is 10.0. The Bertz CT molecular complexity index is 597. The van der Waals surface area contributed by atoms with E-state index >= 15 is 0 Å². The molecule has 2 aromatic carbocycles. The van der Waals surface area contributed by atoms with Gasteiger partial charge in [-0.2, -0.15) is 0 Å². The number of hydrogen-bond donors (Lipinski definition) is 1. The highest BCUT2D eigenvalue weighted by atomic mass is 19.1. The molecule has 0 amide bonds. The van der Waals surface area contributed by atoms with Gasteiger partial charge in [0.2, 0.25) is 0 Å².